The van der Waals surface area contributed by atoms with Gasteiger partial charge in [0.25, 0.3) is 12.3 Å². The van der Waals surface area contributed by atoms with Crippen molar-refractivity contribution in [1.29, 1.82) is 0 Å². The van der Waals surface area contributed by atoms with Crippen LogP contribution >= 0.6 is 0 Å². The fraction of sp³-hybridized carbons (Fsp3) is 0.545. The maximum atomic E-state index is 15.1. The second kappa shape index (κ2) is 9.87. The number of anilines is 1. The van der Waals surface area contributed by atoms with Crippen molar-refractivity contribution in [3.63, 3.8) is 0 Å². The second-order valence-corrected chi connectivity index (χ2v) is 8.79. The predicted octanol–water partition coefficient (Wildman–Crippen LogP) is 5.41. The molecule has 0 bridgehead atoms. The Hall–Kier alpha value is -2.90. The van der Waals surface area contributed by atoms with Crippen molar-refractivity contribution in [2.75, 3.05) is 25.1 Å². The van der Waals surface area contributed by atoms with Gasteiger partial charge in [0, 0.05) is 43.1 Å². The van der Waals surface area contributed by atoms with Crippen molar-refractivity contribution in [3.05, 3.63) is 46.5 Å². The molecule has 0 radical (unpaired) electrons. The Morgan fingerprint density at radius 3 is 2.72 bits per heavy atom. The van der Waals surface area contributed by atoms with E-state index in [1.165, 1.54) is 0 Å². The van der Waals surface area contributed by atoms with Crippen LogP contribution in [0, 0.1) is 11.7 Å². The minimum absolute atomic E-state index is 0.0185. The van der Waals surface area contributed by atoms with Crippen molar-refractivity contribution in [1.82, 2.24) is 14.7 Å². The summed E-state index contributed by atoms with van der Waals surface area (Å²) in [5, 5.41) is 6.53. The predicted molar refractivity (Wildman–Crippen MR) is 110 cm³/mol. The zero-order valence-corrected chi connectivity index (χ0v) is 18.7. The van der Waals surface area contributed by atoms with Gasteiger partial charge in [0.15, 0.2) is 0 Å². The van der Waals surface area contributed by atoms with E-state index in [0.29, 0.717) is 17.8 Å². The molecule has 0 saturated heterocycles. The van der Waals surface area contributed by atoms with E-state index in [2.05, 4.69) is 10.4 Å². The Kier molecular flexibility index (Phi) is 7.17. The molecular weight excluding hydrogens is 504 g/mol. The molecule has 2 aliphatic rings. The fourth-order valence-electron chi connectivity index (χ4n) is 4.46. The van der Waals surface area contributed by atoms with E-state index in [4.69, 9.17) is 4.74 Å². The number of urea groups is 1. The minimum atomic E-state index is -4.96. The van der Waals surface area contributed by atoms with Crippen LogP contribution in [0.5, 0.6) is 0 Å². The van der Waals surface area contributed by atoms with Crippen molar-refractivity contribution < 1.29 is 44.7 Å². The lowest BCUT2D eigenvalue weighted by molar-refractivity contribution is -0.139. The highest BCUT2D eigenvalue weighted by Gasteiger charge is 2.44. The maximum absolute atomic E-state index is 15.1. The molecule has 0 fully saturated rings. The molecule has 0 spiro atoms. The Labute approximate surface area is 200 Å². The average molecular weight is 526 g/mol. The summed E-state index contributed by atoms with van der Waals surface area (Å²) in [7, 11) is 0. The Bertz CT molecular complexity index is 1120. The van der Waals surface area contributed by atoms with Crippen LogP contribution in [0.4, 0.5) is 45.6 Å². The van der Waals surface area contributed by atoms with Crippen molar-refractivity contribution in [2.24, 2.45) is 5.92 Å². The van der Waals surface area contributed by atoms with Crippen molar-refractivity contribution >= 4 is 11.7 Å². The molecular formula is C22H22F8N4O2. The van der Waals surface area contributed by atoms with Crippen LogP contribution in [0.25, 0.3) is 0 Å². The number of hydrogen-bond donors (Lipinski definition) is 1. The maximum Gasteiger partial charge on any atom is 0.419 e. The van der Waals surface area contributed by atoms with Crippen LogP contribution in [-0.2, 0) is 36.3 Å². The number of ether oxygens (including phenoxy) is 1. The standard InChI is InChI=1S/C22H22F8N4O2/c23-16-2-1-13(7-15(16)22(28,29)30)31-20(35)33-6-4-17-14(9-33)19-21(26,27)5-3-12(8-34(19)32-17)10-36-11-18(24)25/h1-2,7,12,18H,3-6,8-11H2,(H,31,35). The molecule has 0 aliphatic carbocycles. The first kappa shape index (κ1) is 26.2. The van der Waals surface area contributed by atoms with E-state index >= 15 is 8.78 Å². The first-order chi connectivity index (χ1) is 16.8. The lowest BCUT2D eigenvalue weighted by atomic mass is 9.98. The summed E-state index contributed by atoms with van der Waals surface area (Å²) in [5.74, 6) is -5.25. The largest absolute Gasteiger partial charge is 0.419 e. The lowest BCUT2D eigenvalue weighted by Crippen LogP contribution is -2.39. The van der Waals surface area contributed by atoms with Crippen molar-refractivity contribution in [3.8, 4) is 0 Å². The number of alkyl halides is 7. The number of nitrogens with zero attached hydrogens (tertiary/aromatic N) is 3. The number of carbonyl (C=O) groups excluding carboxylic acids is 1. The monoisotopic (exact) mass is 526 g/mol. The van der Waals surface area contributed by atoms with E-state index in [9.17, 15) is 31.1 Å². The first-order valence-corrected chi connectivity index (χ1v) is 11.1. The number of halogens is 8. The molecule has 3 heterocycles. The van der Waals surface area contributed by atoms with E-state index in [-0.39, 0.29) is 56.0 Å². The third kappa shape index (κ3) is 5.57. The van der Waals surface area contributed by atoms with Gasteiger partial charge in [0.2, 0.25) is 0 Å². The molecule has 6 nitrogen and oxygen atoms in total. The van der Waals surface area contributed by atoms with Crippen LogP contribution in [0.15, 0.2) is 18.2 Å². The zero-order valence-electron chi connectivity index (χ0n) is 18.7. The highest BCUT2D eigenvalue weighted by molar-refractivity contribution is 5.89. The third-order valence-corrected chi connectivity index (χ3v) is 6.15. The van der Waals surface area contributed by atoms with Gasteiger partial charge in [0.1, 0.15) is 18.1 Å². The first-order valence-electron chi connectivity index (χ1n) is 11.1. The third-order valence-electron chi connectivity index (χ3n) is 6.15. The van der Waals surface area contributed by atoms with Gasteiger partial charge in [0.05, 0.1) is 24.4 Å². The molecule has 2 aromatic rings. The highest BCUT2D eigenvalue weighted by Crippen LogP contribution is 2.42. The van der Waals surface area contributed by atoms with Crippen molar-refractivity contribution in [2.45, 2.75) is 50.9 Å². The topological polar surface area (TPSA) is 59.4 Å². The SMILES string of the molecule is O=C(Nc1ccc(F)c(C(F)(F)F)c1)N1CCc2nn3c(c2C1)C(F)(F)CCC(COCC(F)F)C3. The summed E-state index contributed by atoms with van der Waals surface area (Å²) < 4.78 is 113. The van der Waals surface area contributed by atoms with Gasteiger partial charge in [-0.25, -0.2) is 18.0 Å². The van der Waals surface area contributed by atoms with Gasteiger partial charge in [-0.15, -0.1) is 0 Å². The number of benzene rings is 1. The van der Waals surface area contributed by atoms with E-state index in [0.717, 1.165) is 15.6 Å². The second-order valence-electron chi connectivity index (χ2n) is 8.79. The lowest BCUT2D eigenvalue weighted by Gasteiger charge is -2.28. The number of carbonyl (C=O) groups is 1. The summed E-state index contributed by atoms with van der Waals surface area (Å²) in [5.41, 5.74) is -1.71. The summed E-state index contributed by atoms with van der Waals surface area (Å²) in [4.78, 5) is 13.9. The number of nitrogens with one attached hydrogen (secondary N) is 1. The number of hydrogen-bond acceptors (Lipinski definition) is 3. The quantitative estimate of drug-likeness (QED) is 0.530. The fourth-order valence-corrected chi connectivity index (χ4v) is 4.46. The minimum Gasteiger partial charge on any atom is -0.375 e. The molecule has 1 N–H and O–H groups in total. The molecule has 1 atom stereocenters. The zero-order chi connectivity index (χ0) is 26.3. The smallest absolute Gasteiger partial charge is 0.375 e. The summed E-state index contributed by atoms with van der Waals surface area (Å²) in [6, 6.07) is 1.16. The molecule has 4 rings (SSSR count). The van der Waals surface area contributed by atoms with Gasteiger partial charge in [-0.1, -0.05) is 0 Å². The number of fused-ring (bicyclic) bond motifs is 3. The summed E-state index contributed by atoms with van der Waals surface area (Å²) in [6.45, 7) is -1.08. The average Bonchev–Trinajstić information content (AvgIpc) is 3.09. The normalized spacial score (nSPS) is 19.6. The molecule has 1 aromatic carbocycles. The Balaban J connectivity index is 1.51. The number of aromatic nitrogens is 2. The van der Waals surface area contributed by atoms with Crippen LogP contribution in [0.3, 0.4) is 0 Å². The molecule has 36 heavy (non-hydrogen) atoms. The Morgan fingerprint density at radius 1 is 1.28 bits per heavy atom. The van der Waals surface area contributed by atoms with Crippen LogP contribution in [0.1, 0.15) is 35.4 Å². The molecule has 0 saturated carbocycles. The Morgan fingerprint density at radius 2 is 2.03 bits per heavy atom. The van der Waals surface area contributed by atoms with Crippen LogP contribution in [-0.4, -0.2) is 46.9 Å². The summed E-state index contributed by atoms with van der Waals surface area (Å²) >= 11 is 0. The molecule has 2 aliphatic heterocycles. The highest BCUT2D eigenvalue weighted by atomic mass is 19.4. The van der Waals surface area contributed by atoms with E-state index < -0.39 is 54.9 Å². The molecule has 14 heteroatoms. The molecule has 198 valence electrons. The number of rotatable bonds is 5. The van der Waals surface area contributed by atoms with Crippen LogP contribution < -0.4 is 5.32 Å². The van der Waals surface area contributed by atoms with Gasteiger partial charge in [-0.05, 0) is 24.6 Å². The van der Waals surface area contributed by atoms with Gasteiger partial charge in [-0.2, -0.15) is 27.1 Å². The van der Waals surface area contributed by atoms with Gasteiger partial charge >= 0.3 is 12.2 Å². The van der Waals surface area contributed by atoms with Gasteiger partial charge < -0.3 is 15.0 Å². The van der Waals surface area contributed by atoms with E-state index in [1.54, 1.807) is 0 Å². The van der Waals surface area contributed by atoms with Gasteiger partial charge in [-0.3, -0.25) is 4.68 Å². The molecule has 1 aromatic heterocycles. The number of amides is 2. The van der Waals surface area contributed by atoms with Crippen LogP contribution in [0.2, 0.25) is 0 Å². The molecule has 2 amide bonds. The van der Waals surface area contributed by atoms with E-state index in [1.807, 2.05) is 0 Å². The summed E-state index contributed by atoms with van der Waals surface area (Å²) in [6.07, 6.45) is -8.05. The molecule has 1 unspecified atom stereocenters.